The smallest absolute Gasteiger partial charge is 0.255 e. The molecule has 3 aromatic rings. The van der Waals surface area contributed by atoms with Gasteiger partial charge in [0.2, 0.25) is 0 Å². The van der Waals surface area contributed by atoms with Crippen LogP contribution in [-0.2, 0) is 0 Å². The first-order valence-corrected chi connectivity index (χ1v) is 9.37. The summed E-state index contributed by atoms with van der Waals surface area (Å²) in [6, 6.07) is 3.70. The molecule has 9 nitrogen and oxygen atoms in total. The number of anilines is 1. The second kappa shape index (κ2) is 8.42. The summed E-state index contributed by atoms with van der Waals surface area (Å²) in [4.78, 5) is 21.2. The number of fused-ring (bicyclic) bond motifs is 1. The summed E-state index contributed by atoms with van der Waals surface area (Å²) in [6.07, 6.45) is 4.38. The summed E-state index contributed by atoms with van der Waals surface area (Å²) < 4.78 is 15.4. The van der Waals surface area contributed by atoms with E-state index in [2.05, 4.69) is 25.7 Å². The quantitative estimate of drug-likeness (QED) is 0.542. The summed E-state index contributed by atoms with van der Waals surface area (Å²) in [6.45, 7) is 4.79. The number of amides is 1. The Labute approximate surface area is 172 Å². The Balaban J connectivity index is 1.90. The van der Waals surface area contributed by atoms with E-state index in [9.17, 15) is 14.3 Å². The Kier molecular flexibility index (Phi) is 5.94. The fourth-order valence-corrected chi connectivity index (χ4v) is 2.76. The molecule has 156 valence electrons. The van der Waals surface area contributed by atoms with Gasteiger partial charge < -0.3 is 15.7 Å². The first kappa shape index (κ1) is 21.1. The number of nitriles is 1. The highest BCUT2D eigenvalue weighted by atomic mass is 19.1. The van der Waals surface area contributed by atoms with E-state index in [0.29, 0.717) is 34.7 Å². The van der Waals surface area contributed by atoms with Crippen LogP contribution in [0.1, 0.15) is 36.7 Å². The lowest BCUT2D eigenvalue weighted by Gasteiger charge is -2.22. The third kappa shape index (κ3) is 4.36. The molecule has 0 unspecified atom stereocenters. The molecule has 0 fully saturated rings. The van der Waals surface area contributed by atoms with Crippen LogP contribution in [0, 0.1) is 11.3 Å². The predicted molar refractivity (Wildman–Crippen MR) is 109 cm³/mol. The van der Waals surface area contributed by atoms with Gasteiger partial charge in [0.05, 0.1) is 52.6 Å². The summed E-state index contributed by atoms with van der Waals surface area (Å²) in [5.74, 6) is -0.506. The van der Waals surface area contributed by atoms with Gasteiger partial charge in [-0.15, -0.1) is 0 Å². The minimum atomic E-state index is -1.61. The van der Waals surface area contributed by atoms with Gasteiger partial charge in [-0.3, -0.25) is 9.78 Å². The summed E-state index contributed by atoms with van der Waals surface area (Å²) in [5.41, 5.74) is 1.29. The molecule has 0 spiro atoms. The van der Waals surface area contributed by atoms with Crippen molar-refractivity contribution in [1.29, 1.82) is 5.26 Å². The highest BCUT2D eigenvalue weighted by molar-refractivity contribution is 6.00. The van der Waals surface area contributed by atoms with Crippen molar-refractivity contribution in [3.63, 3.8) is 0 Å². The van der Waals surface area contributed by atoms with Crippen LogP contribution in [-0.4, -0.2) is 55.5 Å². The highest BCUT2D eigenvalue weighted by Crippen LogP contribution is 2.26. The molecule has 3 aromatic heterocycles. The fraction of sp³-hybridized carbons (Fsp3) is 0.350. The topological polar surface area (TPSA) is 128 Å². The number of aromatic nitrogens is 4. The molecule has 0 saturated carbocycles. The van der Waals surface area contributed by atoms with Crippen LogP contribution >= 0.6 is 0 Å². The van der Waals surface area contributed by atoms with Crippen molar-refractivity contribution in [3.8, 4) is 17.3 Å². The van der Waals surface area contributed by atoms with Gasteiger partial charge in [-0.1, -0.05) is 0 Å². The molecule has 3 rings (SSSR count). The van der Waals surface area contributed by atoms with E-state index in [1.807, 2.05) is 13.0 Å². The van der Waals surface area contributed by atoms with E-state index in [0.717, 1.165) is 0 Å². The van der Waals surface area contributed by atoms with Crippen molar-refractivity contribution >= 4 is 17.2 Å². The lowest BCUT2D eigenvalue weighted by Crippen LogP contribution is -2.42. The van der Waals surface area contributed by atoms with Gasteiger partial charge in [-0.05, 0) is 26.8 Å². The monoisotopic (exact) mass is 411 g/mol. The number of carbonyl (C=O) groups excluding carboxylic acids is 1. The largest absolute Gasteiger partial charge is 0.387 e. The zero-order chi connectivity index (χ0) is 21.9. The number of nitrogens with one attached hydrogen (secondary N) is 2. The molecular weight excluding hydrogens is 389 g/mol. The minimum Gasteiger partial charge on any atom is -0.387 e. The molecule has 0 saturated heterocycles. The molecule has 0 aromatic carbocycles. The zero-order valence-electron chi connectivity index (χ0n) is 16.8. The normalized spacial score (nSPS) is 12.4. The molecule has 3 heterocycles. The summed E-state index contributed by atoms with van der Waals surface area (Å²) in [5, 5.41) is 28.5. The predicted octanol–water partition coefficient (Wildman–Crippen LogP) is 1.93. The molecule has 3 N–H and O–H groups in total. The minimum absolute atomic E-state index is 0.250. The average molecular weight is 411 g/mol. The van der Waals surface area contributed by atoms with E-state index in [4.69, 9.17) is 5.26 Å². The van der Waals surface area contributed by atoms with E-state index in [-0.39, 0.29) is 12.1 Å². The SMILES string of the molecule is CCNc1cc(-c2cnn3cc(C#N)cnc23)ncc1C(=O)NC[C@@H](F)C(C)(C)O. The van der Waals surface area contributed by atoms with Gasteiger partial charge in [0.1, 0.15) is 12.2 Å². The van der Waals surface area contributed by atoms with Crippen LogP contribution in [0.4, 0.5) is 10.1 Å². The molecular formula is C20H22FN7O2. The fourth-order valence-electron chi connectivity index (χ4n) is 2.76. The van der Waals surface area contributed by atoms with Crippen LogP contribution in [0.15, 0.2) is 30.9 Å². The summed E-state index contributed by atoms with van der Waals surface area (Å²) in [7, 11) is 0. The lowest BCUT2D eigenvalue weighted by molar-refractivity contribution is -0.00177. The van der Waals surface area contributed by atoms with Gasteiger partial charge in [0, 0.05) is 18.9 Å². The van der Waals surface area contributed by atoms with Gasteiger partial charge in [0.25, 0.3) is 5.91 Å². The molecule has 30 heavy (non-hydrogen) atoms. The number of hydrogen-bond donors (Lipinski definition) is 3. The standard InChI is InChI=1S/C20H22FN7O2/c1-4-23-16-5-15(13-9-27-28-11-12(6-22)7-25-18(13)28)24-8-14(16)19(29)26-10-17(21)20(2,3)30/h5,7-9,11,17,30H,4,10H2,1-3H3,(H,23,24)(H,26,29)/t17-/m1/s1. The number of aliphatic hydroxyl groups is 1. The third-order valence-corrected chi connectivity index (χ3v) is 4.49. The Bertz CT molecular complexity index is 1110. The summed E-state index contributed by atoms with van der Waals surface area (Å²) >= 11 is 0. The maximum atomic E-state index is 14.0. The highest BCUT2D eigenvalue weighted by Gasteiger charge is 2.27. The van der Waals surface area contributed by atoms with Crippen LogP contribution < -0.4 is 10.6 Å². The Hall–Kier alpha value is -3.58. The average Bonchev–Trinajstić information content (AvgIpc) is 3.14. The number of hydrogen-bond acceptors (Lipinski definition) is 7. The molecule has 10 heteroatoms. The van der Waals surface area contributed by atoms with Crippen molar-refractivity contribution in [1.82, 2.24) is 24.9 Å². The van der Waals surface area contributed by atoms with Crippen LogP contribution in [0.3, 0.4) is 0 Å². The van der Waals surface area contributed by atoms with Crippen LogP contribution in [0.25, 0.3) is 16.9 Å². The maximum absolute atomic E-state index is 14.0. The molecule has 0 aliphatic heterocycles. The van der Waals surface area contributed by atoms with Crippen molar-refractivity contribution in [2.45, 2.75) is 32.5 Å². The van der Waals surface area contributed by atoms with Crippen molar-refractivity contribution < 1.29 is 14.3 Å². The molecule has 0 aliphatic rings. The molecule has 1 atom stereocenters. The van der Waals surface area contributed by atoms with Gasteiger partial charge in [-0.25, -0.2) is 13.9 Å². The number of nitrogens with zero attached hydrogens (tertiary/aromatic N) is 5. The first-order chi connectivity index (χ1) is 14.2. The first-order valence-electron chi connectivity index (χ1n) is 9.37. The molecule has 0 radical (unpaired) electrons. The number of rotatable bonds is 7. The van der Waals surface area contributed by atoms with E-state index in [1.165, 1.54) is 30.8 Å². The van der Waals surface area contributed by atoms with Crippen molar-refractivity contribution in [2.24, 2.45) is 0 Å². The van der Waals surface area contributed by atoms with Gasteiger partial charge in [0.15, 0.2) is 5.65 Å². The zero-order valence-corrected chi connectivity index (χ0v) is 16.8. The third-order valence-electron chi connectivity index (χ3n) is 4.49. The van der Waals surface area contributed by atoms with Crippen molar-refractivity contribution in [2.75, 3.05) is 18.4 Å². The molecule has 0 bridgehead atoms. The number of alkyl halides is 1. The number of carbonyl (C=O) groups is 1. The second-order valence-electron chi connectivity index (χ2n) is 7.26. The molecule has 1 amide bonds. The maximum Gasteiger partial charge on any atom is 0.255 e. The van der Waals surface area contributed by atoms with Gasteiger partial charge >= 0.3 is 0 Å². The number of halogens is 1. The number of pyridine rings is 1. The second-order valence-corrected chi connectivity index (χ2v) is 7.26. The van der Waals surface area contributed by atoms with Crippen molar-refractivity contribution in [3.05, 3.63) is 42.0 Å². The van der Waals surface area contributed by atoms with E-state index < -0.39 is 17.7 Å². The van der Waals surface area contributed by atoms with E-state index >= 15 is 0 Å². The Morgan fingerprint density at radius 1 is 1.37 bits per heavy atom. The van der Waals surface area contributed by atoms with E-state index in [1.54, 1.807) is 18.5 Å². The Morgan fingerprint density at radius 3 is 2.80 bits per heavy atom. The molecule has 0 aliphatic carbocycles. The van der Waals surface area contributed by atoms with Gasteiger partial charge in [-0.2, -0.15) is 10.4 Å². The Morgan fingerprint density at radius 2 is 2.13 bits per heavy atom. The van der Waals surface area contributed by atoms with Crippen LogP contribution in [0.5, 0.6) is 0 Å². The van der Waals surface area contributed by atoms with Crippen LogP contribution in [0.2, 0.25) is 0 Å². The lowest BCUT2D eigenvalue weighted by atomic mass is 10.0.